The largest absolute Gasteiger partial charge is 0.481 e. The minimum absolute atomic E-state index is 0.0707. The fraction of sp³-hybridized carbons (Fsp3) is 0.636. The Morgan fingerprint density at radius 2 is 1.31 bits per heavy atom. The number of hydrogen-bond acceptors (Lipinski definition) is 2. The Morgan fingerprint density at radius 3 is 1.62 bits per heavy atom. The highest BCUT2D eigenvalue weighted by atomic mass is 16.4. The van der Waals surface area contributed by atoms with E-state index in [4.69, 9.17) is 10.2 Å². The molecule has 2 rings (SSSR count). The molecule has 0 unspecified atom stereocenters. The maximum atomic E-state index is 10.7. The third kappa shape index (κ3) is 6.81. The topological polar surface area (TPSA) is 74.6 Å². The van der Waals surface area contributed by atoms with Gasteiger partial charge in [-0.15, -0.1) is 0 Å². The van der Waals surface area contributed by atoms with Crippen LogP contribution in [0.25, 0.3) is 0 Å². The number of benzene rings is 1. The van der Waals surface area contributed by atoms with Crippen molar-refractivity contribution in [3.63, 3.8) is 0 Å². The van der Waals surface area contributed by atoms with Gasteiger partial charge in [-0.25, -0.2) is 4.79 Å². The lowest BCUT2D eigenvalue weighted by atomic mass is 9.70. The van der Waals surface area contributed by atoms with Gasteiger partial charge < -0.3 is 10.2 Å². The van der Waals surface area contributed by atoms with Crippen LogP contribution >= 0.6 is 0 Å². The summed E-state index contributed by atoms with van der Waals surface area (Å²) in [6.07, 6.45) is 3.91. The van der Waals surface area contributed by atoms with Crippen LogP contribution in [0.3, 0.4) is 0 Å². The Morgan fingerprint density at radius 1 is 0.846 bits per heavy atom. The summed E-state index contributed by atoms with van der Waals surface area (Å²) < 4.78 is 0. The minimum atomic E-state index is -0.875. The summed E-state index contributed by atoms with van der Waals surface area (Å²) in [5, 5.41) is 17.5. The fourth-order valence-electron chi connectivity index (χ4n) is 3.32. The van der Waals surface area contributed by atoms with Gasteiger partial charge in [0.1, 0.15) is 0 Å². The van der Waals surface area contributed by atoms with Crippen LogP contribution < -0.4 is 0 Å². The Balaban J connectivity index is 0.000000260. The summed E-state index contributed by atoms with van der Waals surface area (Å²) >= 11 is 0. The van der Waals surface area contributed by atoms with Crippen molar-refractivity contribution >= 4 is 11.9 Å². The third-order valence-corrected chi connectivity index (χ3v) is 5.30. The van der Waals surface area contributed by atoms with Gasteiger partial charge in [-0.1, -0.05) is 53.7 Å². The van der Waals surface area contributed by atoms with Gasteiger partial charge in [0.05, 0.1) is 11.5 Å². The van der Waals surface area contributed by atoms with Gasteiger partial charge in [-0.05, 0) is 60.1 Å². The van der Waals surface area contributed by atoms with Crippen molar-refractivity contribution in [2.45, 2.75) is 72.6 Å². The molecule has 1 fully saturated rings. The van der Waals surface area contributed by atoms with Crippen LogP contribution in [0.5, 0.6) is 0 Å². The first-order valence-corrected chi connectivity index (χ1v) is 9.39. The summed E-state index contributed by atoms with van der Waals surface area (Å²) in [5.74, 6) is -0.838. The fourth-order valence-corrected chi connectivity index (χ4v) is 3.32. The van der Waals surface area contributed by atoms with Crippen LogP contribution in [0, 0.1) is 17.3 Å². The predicted octanol–water partition coefficient (Wildman–Crippen LogP) is 5.61. The number of hydrogen-bond donors (Lipinski definition) is 2. The monoisotopic (exact) mass is 362 g/mol. The highest BCUT2D eigenvalue weighted by Crippen LogP contribution is 2.39. The summed E-state index contributed by atoms with van der Waals surface area (Å²) in [4.78, 5) is 21.3. The zero-order chi connectivity index (χ0) is 20.1. The predicted molar refractivity (Wildman–Crippen MR) is 105 cm³/mol. The average molecular weight is 363 g/mol. The molecule has 1 aliphatic carbocycles. The van der Waals surface area contributed by atoms with Gasteiger partial charge in [-0.3, -0.25) is 4.79 Å². The quantitative estimate of drug-likeness (QED) is 0.717. The first-order valence-electron chi connectivity index (χ1n) is 9.39. The Hall–Kier alpha value is -1.84. The Bertz CT molecular complexity index is 595. The van der Waals surface area contributed by atoms with E-state index in [1.807, 2.05) is 12.1 Å². The lowest BCUT2D eigenvalue weighted by Crippen LogP contribution is -2.28. The zero-order valence-electron chi connectivity index (χ0n) is 17.0. The van der Waals surface area contributed by atoms with Crippen LogP contribution in [0.2, 0.25) is 0 Å². The molecule has 0 aliphatic heterocycles. The van der Waals surface area contributed by atoms with E-state index in [2.05, 4.69) is 41.5 Å². The van der Waals surface area contributed by atoms with Gasteiger partial charge in [0.15, 0.2) is 0 Å². The van der Waals surface area contributed by atoms with Crippen molar-refractivity contribution in [1.29, 1.82) is 0 Å². The molecule has 0 aromatic heterocycles. The molecule has 26 heavy (non-hydrogen) atoms. The lowest BCUT2D eigenvalue weighted by Gasteiger charge is -2.35. The molecule has 4 heteroatoms. The minimum Gasteiger partial charge on any atom is -0.481 e. The molecular weight excluding hydrogens is 328 g/mol. The van der Waals surface area contributed by atoms with Gasteiger partial charge in [0, 0.05) is 0 Å². The number of carboxylic acids is 2. The number of carboxylic acid groups (broad SMARTS) is 2. The summed E-state index contributed by atoms with van der Waals surface area (Å²) in [6, 6.07) is 7.01. The van der Waals surface area contributed by atoms with Crippen molar-refractivity contribution in [3.8, 4) is 0 Å². The molecule has 1 saturated carbocycles. The SMILES string of the molecule is CC(C)(C)C1CCC(C(=O)O)CC1.CC(C)(C)c1ccc(C(=O)O)cc1. The van der Waals surface area contributed by atoms with Crippen molar-refractivity contribution < 1.29 is 19.8 Å². The van der Waals surface area contributed by atoms with Crippen molar-refractivity contribution in [2.24, 2.45) is 17.3 Å². The maximum Gasteiger partial charge on any atom is 0.335 e. The van der Waals surface area contributed by atoms with Crippen LogP contribution in [0.15, 0.2) is 24.3 Å². The molecule has 2 N–H and O–H groups in total. The van der Waals surface area contributed by atoms with Crippen LogP contribution in [-0.2, 0) is 10.2 Å². The molecular formula is C22H34O4. The molecule has 0 spiro atoms. The molecule has 1 aromatic rings. The van der Waals surface area contributed by atoms with E-state index in [0.29, 0.717) is 16.9 Å². The molecule has 0 bridgehead atoms. The van der Waals surface area contributed by atoms with Gasteiger partial charge >= 0.3 is 11.9 Å². The van der Waals surface area contributed by atoms with E-state index < -0.39 is 11.9 Å². The second-order valence-corrected chi connectivity index (χ2v) is 9.39. The molecule has 0 amide bonds. The molecule has 0 atom stereocenters. The normalized spacial score (nSPS) is 20.7. The number of rotatable bonds is 2. The lowest BCUT2D eigenvalue weighted by molar-refractivity contribution is -0.143. The third-order valence-electron chi connectivity index (χ3n) is 5.30. The molecule has 0 radical (unpaired) electrons. The second-order valence-electron chi connectivity index (χ2n) is 9.39. The second kappa shape index (κ2) is 8.70. The molecule has 0 heterocycles. The summed E-state index contributed by atoms with van der Waals surface area (Å²) in [5.41, 5.74) is 1.92. The number of aliphatic carboxylic acids is 1. The van der Waals surface area contributed by atoms with Gasteiger partial charge in [-0.2, -0.15) is 0 Å². The zero-order valence-corrected chi connectivity index (χ0v) is 17.0. The van der Waals surface area contributed by atoms with Gasteiger partial charge in [0.25, 0.3) is 0 Å². The molecule has 0 saturated heterocycles. The van der Waals surface area contributed by atoms with E-state index >= 15 is 0 Å². The number of carbonyl (C=O) groups is 2. The average Bonchev–Trinajstić information content (AvgIpc) is 2.54. The molecule has 146 valence electrons. The van der Waals surface area contributed by atoms with Crippen LogP contribution in [0.1, 0.15) is 83.1 Å². The molecule has 1 aromatic carbocycles. The van der Waals surface area contributed by atoms with E-state index in [0.717, 1.165) is 31.2 Å². The summed E-state index contributed by atoms with van der Waals surface area (Å²) in [7, 11) is 0. The first-order chi connectivity index (χ1) is 11.8. The molecule has 4 nitrogen and oxygen atoms in total. The highest BCUT2D eigenvalue weighted by Gasteiger charge is 2.32. The van der Waals surface area contributed by atoms with Crippen LogP contribution in [-0.4, -0.2) is 22.2 Å². The van der Waals surface area contributed by atoms with Crippen molar-refractivity contribution in [2.75, 3.05) is 0 Å². The standard InChI is InChI=1S/C11H20O2.C11H14O2/c2*1-11(2,3)9-6-4-8(5-7-9)10(12)13/h8-9H,4-7H2,1-3H3,(H,12,13);4-7H,1-3H3,(H,12,13). The smallest absolute Gasteiger partial charge is 0.335 e. The van der Waals surface area contributed by atoms with E-state index in [1.165, 1.54) is 0 Å². The van der Waals surface area contributed by atoms with Crippen molar-refractivity contribution in [3.05, 3.63) is 35.4 Å². The Kier molecular flexibility index (Phi) is 7.43. The maximum absolute atomic E-state index is 10.7. The van der Waals surface area contributed by atoms with Crippen LogP contribution in [0.4, 0.5) is 0 Å². The Labute approximate surface area is 157 Å². The van der Waals surface area contributed by atoms with Gasteiger partial charge in [0.2, 0.25) is 0 Å². The number of aromatic carboxylic acids is 1. The summed E-state index contributed by atoms with van der Waals surface area (Å²) in [6.45, 7) is 13.0. The highest BCUT2D eigenvalue weighted by molar-refractivity contribution is 5.87. The molecule has 1 aliphatic rings. The van der Waals surface area contributed by atoms with Crippen molar-refractivity contribution in [1.82, 2.24) is 0 Å². The van der Waals surface area contributed by atoms with E-state index in [9.17, 15) is 9.59 Å². The van der Waals surface area contributed by atoms with E-state index in [1.54, 1.807) is 12.1 Å². The van der Waals surface area contributed by atoms with E-state index in [-0.39, 0.29) is 11.3 Å². The first kappa shape index (κ1) is 22.2.